The first-order valence-corrected chi connectivity index (χ1v) is 12.1. The van der Waals surface area contributed by atoms with Gasteiger partial charge in [0, 0.05) is 31.1 Å². The van der Waals surface area contributed by atoms with E-state index in [2.05, 4.69) is 5.32 Å². The van der Waals surface area contributed by atoms with E-state index in [1.807, 2.05) is 61.6 Å². The lowest BCUT2D eigenvalue weighted by atomic mass is 9.92. The number of amides is 1. The van der Waals surface area contributed by atoms with Crippen LogP contribution in [0.25, 0.3) is 0 Å². The molecule has 0 unspecified atom stereocenters. The smallest absolute Gasteiger partial charge is 0.244 e. The van der Waals surface area contributed by atoms with E-state index < -0.39 is 12.2 Å². The zero-order chi connectivity index (χ0) is 25.2. The van der Waals surface area contributed by atoms with Gasteiger partial charge in [-0.15, -0.1) is 0 Å². The maximum absolute atomic E-state index is 13.0. The first-order valence-electron chi connectivity index (χ1n) is 12.1. The highest BCUT2D eigenvalue weighted by molar-refractivity contribution is 5.97. The Labute approximate surface area is 207 Å². The highest BCUT2D eigenvalue weighted by atomic mass is 16.5. The SMILES string of the molecule is CO[C@H]1C[C@H]2/C=C(C)/C=C\C=C\C(=O)N[C@@H](c3ccccc3)C/C=C\CC[C@@H](O)CC(=O)C2=C1O. The molecule has 0 bridgehead atoms. The minimum atomic E-state index is -0.810. The third-order valence-electron chi connectivity index (χ3n) is 6.33. The molecule has 6 heteroatoms. The van der Waals surface area contributed by atoms with Gasteiger partial charge < -0.3 is 20.3 Å². The number of aliphatic hydroxyl groups excluding tert-OH is 2. The summed E-state index contributed by atoms with van der Waals surface area (Å²) in [6, 6.07) is 9.61. The lowest BCUT2D eigenvalue weighted by Crippen LogP contribution is -2.26. The molecule has 3 rings (SSSR count). The van der Waals surface area contributed by atoms with Crippen LogP contribution in [-0.2, 0) is 14.3 Å². The Hall–Kier alpha value is -3.22. The molecular formula is C29H35NO5. The largest absolute Gasteiger partial charge is 0.509 e. The highest BCUT2D eigenvalue weighted by Crippen LogP contribution is 2.36. The van der Waals surface area contributed by atoms with Crippen LogP contribution in [0.4, 0.5) is 0 Å². The number of methoxy groups -OCH3 is 1. The van der Waals surface area contributed by atoms with Crippen molar-refractivity contribution in [1.29, 1.82) is 0 Å². The Morgan fingerprint density at radius 2 is 1.80 bits per heavy atom. The van der Waals surface area contributed by atoms with Crippen molar-refractivity contribution in [2.24, 2.45) is 5.92 Å². The fourth-order valence-corrected chi connectivity index (χ4v) is 4.50. The molecule has 0 saturated heterocycles. The molecule has 186 valence electrons. The molecule has 1 aliphatic carbocycles. The summed E-state index contributed by atoms with van der Waals surface area (Å²) in [6.45, 7) is 1.90. The number of hydrogen-bond donors (Lipinski definition) is 3. The van der Waals surface area contributed by atoms with Crippen LogP contribution in [0.5, 0.6) is 0 Å². The topological polar surface area (TPSA) is 95.9 Å². The number of carbonyl (C=O) groups is 2. The van der Waals surface area contributed by atoms with Gasteiger partial charge in [0.15, 0.2) is 5.78 Å². The first-order chi connectivity index (χ1) is 16.9. The Morgan fingerprint density at radius 3 is 2.54 bits per heavy atom. The molecule has 35 heavy (non-hydrogen) atoms. The molecule has 0 aromatic heterocycles. The number of benzene rings is 1. The second-order valence-electron chi connectivity index (χ2n) is 9.03. The summed E-state index contributed by atoms with van der Waals surface area (Å²) in [6.07, 6.45) is 13.4. The Balaban J connectivity index is 1.84. The van der Waals surface area contributed by atoms with E-state index in [0.717, 1.165) is 11.1 Å². The van der Waals surface area contributed by atoms with Crippen LogP contribution in [0.15, 0.2) is 89.8 Å². The zero-order valence-corrected chi connectivity index (χ0v) is 20.4. The minimum absolute atomic E-state index is 0.0444. The molecule has 0 spiro atoms. The lowest BCUT2D eigenvalue weighted by Gasteiger charge is -2.17. The van der Waals surface area contributed by atoms with Crippen molar-refractivity contribution >= 4 is 11.7 Å². The summed E-state index contributed by atoms with van der Waals surface area (Å²) >= 11 is 0. The van der Waals surface area contributed by atoms with Crippen molar-refractivity contribution in [2.45, 2.75) is 57.3 Å². The van der Waals surface area contributed by atoms with Crippen LogP contribution in [0.3, 0.4) is 0 Å². The summed E-state index contributed by atoms with van der Waals surface area (Å²) in [7, 11) is 1.51. The second-order valence-corrected chi connectivity index (χ2v) is 9.03. The van der Waals surface area contributed by atoms with Crippen molar-refractivity contribution in [1.82, 2.24) is 5.32 Å². The Morgan fingerprint density at radius 1 is 1.06 bits per heavy atom. The summed E-state index contributed by atoms with van der Waals surface area (Å²) in [5.74, 6) is -0.790. The van der Waals surface area contributed by atoms with Gasteiger partial charge in [-0.2, -0.15) is 0 Å². The molecule has 1 amide bonds. The van der Waals surface area contributed by atoms with Gasteiger partial charge in [0.25, 0.3) is 0 Å². The quantitative estimate of drug-likeness (QED) is 0.532. The molecule has 2 aliphatic rings. The van der Waals surface area contributed by atoms with Crippen LogP contribution in [0, 0.1) is 5.92 Å². The van der Waals surface area contributed by atoms with Crippen molar-refractivity contribution < 1.29 is 24.5 Å². The van der Waals surface area contributed by atoms with E-state index in [0.29, 0.717) is 31.3 Å². The molecule has 0 saturated carbocycles. The molecule has 0 radical (unpaired) electrons. The molecule has 1 aromatic rings. The van der Waals surface area contributed by atoms with Gasteiger partial charge in [0.05, 0.1) is 12.1 Å². The Kier molecular flexibility index (Phi) is 9.82. The molecule has 1 heterocycles. The highest BCUT2D eigenvalue weighted by Gasteiger charge is 2.36. The summed E-state index contributed by atoms with van der Waals surface area (Å²) < 4.78 is 5.35. The van der Waals surface area contributed by atoms with Crippen molar-refractivity contribution in [3.8, 4) is 0 Å². The molecule has 0 fully saturated rings. The number of ketones is 1. The molecule has 1 aliphatic heterocycles. The predicted molar refractivity (Wildman–Crippen MR) is 137 cm³/mol. The third kappa shape index (κ3) is 7.64. The molecule has 6 nitrogen and oxygen atoms in total. The number of Topliss-reactive ketones (excluding diaryl/α,β-unsaturated/α-hetero) is 1. The van der Waals surface area contributed by atoms with Gasteiger partial charge >= 0.3 is 0 Å². The number of aliphatic hydroxyl groups is 2. The van der Waals surface area contributed by atoms with E-state index in [1.165, 1.54) is 13.2 Å². The minimum Gasteiger partial charge on any atom is -0.509 e. The van der Waals surface area contributed by atoms with Gasteiger partial charge in [-0.05, 0) is 38.2 Å². The maximum atomic E-state index is 13.0. The van der Waals surface area contributed by atoms with E-state index in [4.69, 9.17) is 4.74 Å². The third-order valence-corrected chi connectivity index (χ3v) is 6.33. The van der Waals surface area contributed by atoms with Gasteiger partial charge in [0.2, 0.25) is 5.91 Å². The van der Waals surface area contributed by atoms with Crippen molar-refractivity contribution in [3.05, 3.63) is 95.3 Å². The average molecular weight is 478 g/mol. The van der Waals surface area contributed by atoms with Crippen molar-refractivity contribution in [2.75, 3.05) is 7.11 Å². The zero-order valence-electron chi connectivity index (χ0n) is 20.4. The normalized spacial score (nSPS) is 31.2. The number of allylic oxidation sites excluding steroid dienone is 7. The molecular weight excluding hydrogens is 442 g/mol. The number of ether oxygens (including phenoxy) is 1. The van der Waals surface area contributed by atoms with Crippen LogP contribution in [-0.4, -0.2) is 41.2 Å². The van der Waals surface area contributed by atoms with Crippen molar-refractivity contribution in [3.63, 3.8) is 0 Å². The average Bonchev–Trinajstić information content (AvgIpc) is 3.15. The maximum Gasteiger partial charge on any atom is 0.244 e. The standard InChI is InChI=1S/C29H35NO5/c1-20-11-9-10-16-27(33)30-24(21-12-5-3-6-13-21)15-8-4-7-14-23(31)19-25(32)28-22(17-20)18-26(35-2)29(28)34/h3-6,8-13,16-17,22-24,26,31,34H,7,14-15,18-19H2,1-2H3,(H,30,33)/b8-4-,11-9-,16-10+,20-17+/t22-,23-,24-,26+/m1/s1. The van der Waals surface area contributed by atoms with Crippen LogP contribution >= 0.6 is 0 Å². The van der Waals surface area contributed by atoms with Crippen LogP contribution < -0.4 is 5.32 Å². The predicted octanol–water partition coefficient (Wildman–Crippen LogP) is 4.81. The molecule has 4 atom stereocenters. The molecule has 1 aromatic carbocycles. The van der Waals surface area contributed by atoms with E-state index in [-0.39, 0.29) is 35.8 Å². The van der Waals surface area contributed by atoms with Crippen LogP contribution in [0.2, 0.25) is 0 Å². The second kappa shape index (κ2) is 13.0. The lowest BCUT2D eigenvalue weighted by molar-refractivity contribution is -0.118. The summed E-state index contributed by atoms with van der Waals surface area (Å²) in [5.41, 5.74) is 2.22. The Bertz CT molecular complexity index is 1030. The van der Waals surface area contributed by atoms with Gasteiger partial charge in [-0.25, -0.2) is 0 Å². The van der Waals surface area contributed by atoms with E-state index in [1.54, 1.807) is 12.2 Å². The number of fused-ring (bicyclic) bond motifs is 1. The fourth-order valence-electron chi connectivity index (χ4n) is 4.50. The number of carbonyl (C=O) groups excluding carboxylic acids is 2. The fraction of sp³-hybridized carbons (Fsp3) is 0.379. The first kappa shape index (κ1) is 26.4. The molecule has 3 N–H and O–H groups in total. The van der Waals surface area contributed by atoms with Gasteiger partial charge in [-0.3, -0.25) is 9.59 Å². The van der Waals surface area contributed by atoms with E-state index in [9.17, 15) is 19.8 Å². The number of nitrogens with one attached hydrogen (secondary N) is 1. The summed E-state index contributed by atoms with van der Waals surface area (Å²) in [5, 5.41) is 24.1. The van der Waals surface area contributed by atoms with Gasteiger partial charge in [-0.1, -0.05) is 72.4 Å². The number of rotatable bonds is 2. The van der Waals surface area contributed by atoms with E-state index >= 15 is 0 Å². The summed E-state index contributed by atoms with van der Waals surface area (Å²) in [4.78, 5) is 25.5. The number of hydrogen-bond acceptors (Lipinski definition) is 5. The van der Waals surface area contributed by atoms with Crippen LogP contribution in [0.1, 0.15) is 50.6 Å². The van der Waals surface area contributed by atoms with Gasteiger partial charge in [0.1, 0.15) is 11.9 Å². The monoisotopic (exact) mass is 477 g/mol.